The van der Waals surface area contributed by atoms with Crippen molar-refractivity contribution in [2.75, 3.05) is 14.1 Å². The van der Waals surface area contributed by atoms with E-state index in [1.165, 1.54) is 4.57 Å². The van der Waals surface area contributed by atoms with Gasteiger partial charge in [0.2, 0.25) is 5.88 Å². The van der Waals surface area contributed by atoms with Gasteiger partial charge in [0.25, 0.3) is 5.56 Å². The van der Waals surface area contributed by atoms with Gasteiger partial charge >= 0.3 is 0 Å². The fourth-order valence-corrected chi connectivity index (χ4v) is 3.96. The van der Waals surface area contributed by atoms with Crippen molar-refractivity contribution >= 4 is 33.1 Å². The maximum absolute atomic E-state index is 13.2. The van der Waals surface area contributed by atoms with Gasteiger partial charge in [0, 0.05) is 39.7 Å². The first-order chi connectivity index (χ1) is 14.5. The molecule has 0 saturated carbocycles. The zero-order valence-corrected chi connectivity index (χ0v) is 17.1. The number of hydrogen-bond acceptors (Lipinski definition) is 5. The van der Waals surface area contributed by atoms with E-state index in [1.807, 2.05) is 80.5 Å². The quantitative estimate of drug-likeness (QED) is 0.574. The van der Waals surface area contributed by atoms with E-state index in [2.05, 4.69) is 0 Å². The number of fused-ring (bicyclic) bond motifs is 2. The minimum absolute atomic E-state index is 0.0245. The second-order valence-electron chi connectivity index (χ2n) is 7.99. The number of likely N-dealkylation sites (N-methyl/N-ethyl adjacent to an activating group) is 1. The Labute approximate surface area is 173 Å². The van der Waals surface area contributed by atoms with Crippen molar-refractivity contribution in [2.45, 2.75) is 19.5 Å². The molecule has 0 bridgehead atoms. The third kappa shape index (κ3) is 2.72. The zero-order valence-electron chi connectivity index (χ0n) is 17.1. The molecule has 0 fully saturated rings. The number of aromatic nitrogens is 1. The molecule has 0 saturated heterocycles. The van der Waals surface area contributed by atoms with E-state index in [1.54, 1.807) is 0 Å². The summed E-state index contributed by atoms with van der Waals surface area (Å²) in [5.41, 5.74) is 1.44. The third-order valence-corrected chi connectivity index (χ3v) is 5.89. The number of pyridine rings is 1. The molecule has 2 heterocycles. The minimum atomic E-state index is -0.193. The van der Waals surface area contributed by atoms with Gasteiger partial charge in [-0.15, -0.1) is 0 Å². The Morgan fingerprint density at radius 3 is 2.47 bits per heavy atom. The molecule has 1 N–H and O–H groups in total. The normalized spacial score (nSPS) is 14.2. The molecule has 5 rings (SSSR count). The zero-order chi connectivity index (χ0) is 21.0. The van der Waals surface area contributed by atoms with Crippen LogP contribution < -0.4 is 10.9 Å². The first-order valence-corrected chi connectivity index (χ1v) is 9.96. The summed E-state index contributed by atoms with van der Waals surface area (Å²) in [4.78, 5) is 24.7. The number of rotatable bonds is 4. The van der Waals surface area contributed by atoms with Crippen LogP contribution in [0.5, 0.6) is 5.88 Å². The molecule has 150 valence electrons. The second-order valence-corrected chi connectivity index (χ2v) is 7.99. The molecule has 6 heteroatoms. The van der Waals surface area contributed by atoms with Crippen molar-refractivity contribution in [1.29, 1.82) is 0 Å². The lowest BCUT2D eigenvalue weighted by Gasteiger charge is -2.22. The highest BCUT2D eigenvalue weighted by Gasteiger charge is 2.21. The lowest BCUT2D eigenvalue weighted by molar-refractivity contribution is 0.270. The van der Waals surface area contributed by atoms with Gasteiger partial charge in [-0.05, 0) is 33.2 Å². The van der Waals surface area contributed by atoms with Crippen molar-refractivity contribution in [3.05, 3.63) is 75.9 Å². The van der Waals surface area contributed by atoms with Crippen LogP contribution in [-0.4, -0.2) is 40.5 Å². The monoisotopic (exact) mass is 398 g/mol. The van der Waals surface area contributed by atoms with Crippen LogP contribution in [0.1, 0.15) is 12.5 Å². The lowest BCUT2D eigenvalue weighted by atomic mass is 10.0. The smallest absolute Gasteiger partial charge is 0.261 e. The molecule has 0 spiro atoms. The first kappa shape index (κ1) is 18.5. The Kier molecular flexibility index (Phi) is 4.18. The maximum Gasteiger partial charge on any atom is 0.261 e. The van der Waals surface area contributed by atoms with E-state index in [9.17, 15) is 9.90 Å². The van der Waals surface area contributed by atoms with E-state index in [4.69, 9.17) is 9.98 Å². The Morgan fingerprint density at radius 2 is 1.73 bits per heavy atom. The predicted molar refractivity (Wildman–Crippen MR) is 120 cm³/mol. The second kappa shape index (κ2) is 6.78. The number of hydrogen-bond donors (Lipinski definition) is 1. The highest BCUT2D eigenvalue weighted by atomic mass is 16.3. The molecule has 3 aromatic carbocycles. The van der Waals surface area contributed by atoms with Crippen molar-refractivity contribution in [2.24, 2.45) is 9.98 Å². The van der Waals surface area contributed by atoms with Gasteiger partial charge in [-0.1, -0.05) is 42.5 Å². The van der Waals surface area contributed by atoms with Crippen LogP contribution in [0, 0.1) is 0 Å². The minimum Gasteiger partial charge on any atom is -0.494 e. The van der Waals surface area contributed by atoms with Crippen LogP contribution in [0.3, 0.4) is 0 Å². The van der Waals surface area contributed by atoms with Gasteiger partial charge in [-0.2, -0.15) is 0 Å². The van der Waals surface area contributed by atoms with Crippen LogP contribution in [0.2, 0.25) is 0 Å². The van der Waals surface area contributed by atoms with Gasteiger partial charge < -0.3 is 10.0 Å². The highest BCUT2D eigenvalue weighted by Crippen LogP contribution is 2.33. The third-order valence-electron chi connectivity index (χ3n) is 5.89. The Hall–Kier alpha value is -3.51. The maximum atomic E-state index is 13.2. The Bertz CT molecular complexity index is 1440. The molecule has 1 aliphatic heterocycles. The Morgan fingerprint density at radius 1 is 1.00 bits per heavy atom. The molecule has 1 atom stereocenters. The summed E-state index contributed by atoms with van der Waals surface area (Å²) in [6.07, 6.45) is 0. The standard InChI is InChI=1S/C24H22N4O2/c1-14(27(2)3)13-28-23(29)17-11-7-10-16-20(17)18(24(28)30)12-19-21(16)26-22(25-19)15-8-5-4-6-9-15/h4-12,14,30H,13H2,1-3H3/t14-/m0/s1. The van der Waals surface area contributed by atoms with Crippen LogP contribution in [0.15, 0.2) is 69.4 Å². The van der Waals surface area contributed by atoms with Gasteiger partial charge in [0.1, 0.15) is 0 Å². The number of nitrogens with zero attached hydrogens (tertiary/aromatic N) is 4. The molecule has 6 nitrogen and oxygen atoms in total. The molecule has 30 heavy (non-hydrogen) atoms. The summed E-state index contributed by atoms with van der Waals surface area (Å²) in [7, 11) is 3.91. The number of benzene rings is 3. The van der Waals surface area contributed by atoms with E-state index in [-0.39, 0.29) is 17.5 Å². The van der Waals surface area contributed by atoms with Crippen molar-refractivity contribution < 1.29 is 5.11 Å². The predicted octanol–water partition coefficient (Wildman–Crippen LogP) is 3.24. The summed E-state index contributed by atoms with van der Waals surface area (Å²) in [6.45, 7) is 2.42. The van der Waals surface area contributed by atoms with Crippen LogP contribution >= 0.6 is 0 Å². The average molecular weight is 398 g/mol. The fraction of sp³-hybridized carbons (Fsp3) is 0.208. The first-order valence-electron chi connectivity index (χ1n) is 9.96. The van der Waals surface area contributed by atoms with Gasteiger partial charge in [-0.3, -0.25) is 9.36 Å². The summed E-state index contributed by atoms with van der Waals surface area (Å²) in [5, 5.41) is 14.6. The van der Waals surface area contributed by atoms with Crippen molar-refractivity contribution in [3.8, 4) is 5.88 Å². The van der Waals surface area contributed by atoms with Crippen molar-refractivity contribution in [3.63, 3.8) is 0 Å². The van der Waals surface area contributed by atoms with E-state index in [0.717, 1.165) is 21.7 Å². The summed E-state index contributed by atoms with van der Waals surface area (Å²) < 4.78 is 1.46. The number of aliphatic imine (C=N–C) groups is 1. The summed E-state index contributed by atoms with van der Waals surface area (Å²) in [5.74, 6) is 0.612. The van der Waals surface area contributed by atoms with Gasteiger partial charge in [0.05, 0.1) is 11.0 Å². The number of amidine groups is 1. The van der Waals surface area contributed by atoms with E-state index < -0.39 is 0 Å². The summed E-state index contributed by atoms with van der Waals surface area (Å²) in [6, 6.07) is 17.3. The Balaban J connectivity index is 1.80. The lowest BCUT2D eigenvalue weighted by Crippen LogP contribution is -2.33. The van der Waals surface area contributed by atoms with E-state index in [0.29, 0.717) is 28.8 Å². The van der Waals surface area contributed by atoms with Crippen molar-refractivity contribution in [1.82, 2.24) is 9.47 Å². The van der Waals surface area contributed by atoms with E-state index >= 15 is 0 Å². The highest BCUT2D eigenvalue weighted by molar-refractivity contribution is 6.14. The molecule has 0 aliphatic carbocycles. The molecule has 0 radical (unpaired) electrons. The molecule has 1 aliphatic rings. The molecule has 0 amide bonds. The fourth-order valence-electron chi connectivity index (χ4n) is 3.96. The van der Waals surface area contributed by atoms with Crippen LogP contribution in [0.25, 0.3) is 21.5 Å². The van der Waals surface area contributed by atoms with Gasteiger partial charge in [0.15, 0.2) is 5.84 Å². The molecule has 1 aromatic heterocycles. The summed E-state index contributed by atoms with van der Waals surface area (Å²) >= 11 is 0. The van der Waals surface area contributed by atoms with Crippen LogP contribution in [-0.2, 0) is 6.54 Å². The molecular weight excluding hydrogens is 376 g/mol. The van der Waals surface area contributed by atoms with Gasteiger partial charge in [-0.25, -0.2) is 9.98 Å². The molecule has 0 unspecified atom stereocenters. The topological polar surface area (TPSA) is 70.2 Å². The largest absolute Gasteiger partial charge is 0.494 e. The number of aromatic hydroxyl groups is 1. The SMILES string of the molecule is C[C@@H](Cn1c(O)c2cc3c(c4cccc(c1=O)c24)=NC(c1ccccc1)=N3)N(C)C. The average Bonchev–Trinajstić information content (AvgIpc) is 3.19. The van der Waals surface area contributed by atoms with Crippen LogP contribution in [0.4, 0.5) is 5.69 Å². The molecular formula is C24H22N4O2. The molecule has 4 aromatic rings.